The van der Waals surface area contributed by atoms with Gasteiger partial charge in [0, 0.05) is 13.1 Å². The topological polar surface area (TPSA) is 76.9 Å². The van der Waals surface area contributed by atoms with E-state index in [-0.39, 0.29) is 6.61 Å². The molecule has 2 heterocycles. The number of epoxide rings is 1. The zero-order valence-corrected chi connectivity index (χ0v) is 9.46. The van der Waals surface area contributed by atoms with Crippen LogP contribution < -0.4 is 11.1 Å². The summed E-state index contributed by atoms with van der Waals surface area (Å²) in [6.45, 7) is 2.42. The maximum atomic E-state index is 10.2. The summed E-state index contributed by atoms with van der Waals surface area (Å²) >= 11 is 0. The van der Waals surface area contributed by atoms with Gasteiger partial charge in [-0.1, -0.05) is 30.3 Å². The van der Waals surface area contributed by atoms with Crippen LogP contribution in [0.3, 0.4) is 0 Å². The molecule has 2 aliphatic heterocycles. The van der Waals surface area contributed by atoms with Crippen molar-refractivity contribution < 1.29 is 14.3 Å². The number of carbonyl (C=O) groups is 1. The first-order chi connectivity index (χ1) is 8.25. The molecule has 0 bridgehead atoms. The van der Waals surface area contributed by atoms with Crippen LogP contribution in [0.1, 0.15) is 5.56 Å². The molecule has 0 aliphatic carbocycles. The van der Waals surface area contributed by atoms with E-state index in [0.29, 0.717) is 12.2 Å². The number of morpholine rings is 1. The summed E-state index contributed by atoms with van der Waals surface area (Å²) in [5.41, 5.74) is 5.72. The number of rotatable bonds is 2. The first-order valence-corrected chi connectivity index (χ1v) is 5.58. The molecular weight excluding hydrogens is 220 g/mol. The Morgan fingerprint density at radius 1 is 1.35 bits per heavy atom. The predicted octanol–water partition coefficient (Wildman–Crippen LogP) is 0.639. The van der Waals surface area contributed by atoms with Gasteiger partial charge in [0.2, 0.25) is 0 Å². The summed E-state index contributed by atoms with van der Waals surface area (Å²) in [7, 11) is 0. The van der Waals surface area contributed by atoms with Crippen molar-refractivity contribution in [3.8, 4) is 0 Å². The summed E-state index contributed by atoms with van der Waals surface area (Å²) in [5.74, 6) is 0. The van der Waals surface area contributed by atoms with Crippen molar-refractivity contribution in [2.75, 3.05) is 13.1 Å². The van der Waals surface area contributed by atoms with E-state index in [0.717, 1.165) is 18.7 Å². The fraction of sp³-hybridized carbons (Fsp3) is 0.417. The number of fused-ring (bicyclic) bond motifs is 1. The highest BCUT2D eigenvalue weighted by Crippen LogP contribution is 2.24. The summed E-state index contributed by atoms with van der Waals surface area (Å²) in [6.07, 6.45) is 0.462. The number of nitrogens with two attached hydrogens (primary N) is 1. The highest BCUT2D eigenvalue weighted by atomic mass is 16.6. The van der Waals surface area contributed by atoms with Crippen LogP contribution in [0.4, 0.5) is 4.79 Å². The molecule has 92 valence electrons. The summed E-state index contributed by atoms with van der Waals surface area (Å²) in [5, 5.41) is 3.20. The van der Waals surface area contributed by atoms with E-state index in [1.807, 2.05) is 30.3 Å². The van der Waals surface area contributed by atoms with E-state index >= 15 is 0 Å². The van der Waals surface area contributed by atoms with Gasteiger partial charge in [-0.25, -0.2) is 4.79 Å². The SMILES string of the molecule is C1NCC2OC12.NC(=O)OCc1ccccc1. The Morgan fingerprint density at radius 3 is 2.41 bits per heavy atom. The zero-order valence-electron chi connectivity index (χ0n) is 9.46. The average Bonchev–Trinajstić information content (AvgIpc) is 2.96. The fourth-order valence-corrected chi connectivity index (χ4v) is 1.63. The van der Waals surface area contributed by atoms with Gasteiger partial charge in [0.25, 0.3) is 0 Å². The maximum absolute atomic E-state index is 10.2. The normalized spacial score (nSPS) is 24.2. The monoisotopic (exact) mass is 236 g/mol. The van der Waals surface area contributed by atoms with Crippen LogP contribution in [-0.4, -0.2) is 31.4 Å². The van der Waals surface area contributed by atoms with E-state index in [2.05, 4.69) is 10.1 Å². The molecule has 0 spiro atoms. The number of hydrogen-bond donors (Lipinski definition) is 2. The van der Waals surface area contributed by atoms with Crippen molar-refractivity contribution in [3.05, 3.63) is 35.9 Å². The molecule has 2 atom stereocenters. The number of benzene rings is 1. The van der Waals surface area contributed by atoms with Gasteiger partial charge in [-0.2, -0.15) is 0 Å². The Labute approximate surface area is 99.9 Å². The predicted molar refractivity (Wildman–Crippen MR) is 62.3 cm³/mol. The molecule has 3 rings (SSSR count). The molecule has 2 aliphatic rings. The first-order valence-electron chi connectivity index (χ1n) is 5.58. The van der Waals surface area contributed by atoms with Gasteiger partial charge in [-0.3, -0.25) is 0 Å². The summed E-state index contributed by atoms with van der Waals surface area (Å²) in [6, 6.07) is 9.37. The average molecular weight is 236 g/mol. The molecule has 1 amide bonds. The number of hydrogen-bond acceptors (Lipinski definition) is 4. The third-order valence-electron chi connectivity index (χ3n) is 2.60. The standard InChI is InChI=1S/C8H9NO2.C4H7NO/c9-8(10)11-6-7-4-2-1-3-5-7;1-3-4(6-3)2-5-1/h1-5H,6H2,(H2,9,10);3-5H,1-2H2. The minimum atomic E-state index is -0.742. The Morgan fingerprint density at radius 2 is 2.00 bits per heavy atom. The van der Waals surface area contributed by atoms with Gasteiger partial charge in [0.05, 0.1) is 12.2 Å². The van der Waals surface area contributed by atoms with Crippen LogP contribution in [0.2, 0.25) is 0 Å². The third-order valence-corrected chi connectivity index (χ3v) is 2.60. The minimum absolute atomic E-state index is 0.246. The largest absolute Gasteiger partial charge is 0.445 e. The lowest BCUT2D eigenvalue weighted by Gasteiger charge is -1.99. The van der Waals surface area contributed by atoms with Crippen LogP contribution in [0.15, 0.2) is 30.3 Å². The quantitative estimate of drug-likeness (QED) is 0.739. The Hall–Kier alpha value is -1.59. The molecule has 2 fully saturated rings. The molecule has 1 aromatic carbocycles. The Bertz CT molecular complexity index is 361. The van der Waals surface area contributed by atoms with Crippen molar-refractivity contribution in [3.63, 3.8) is 0 Å². The number of ether oxygens (including phenoxy) is 2. The fourth-order valence-electron chi connectivity index (χ4n) is 1.63. The number of carbonyl (C=O) groups excluding carboxylic acids is 1. The van der Waals surface area contributed by atoms with Gasteiger partial charge < -0.3 is 20.5 Å². The Balaban J connectivity index is 0.000000148. The Kier molecular flexibility index (Phi) is 3.95. The summed E-state index contributed by atoms with van der Waals surface area (Å²) < 4.78 is 9.66. The lowest BCUT2D eigenvalue weighted by Crippen LogP contribution is -2.13. The third kappa shape index (κ3) is 4.05. The molecule has 0 aromatic heterocycles. The molecular formula is C12H16N2O3. The van der Waals surface area contributed by atoms with Crippen LogP contribution in [-0.2, 0) is 16.1 Å². The highest BCUT2D eigenvalue weighted by molar-refractivity contribution is 5.64. The second kappa shape index (κ2) is 5.65. The van der Waals surface area contributed by atoms with Gasteiger partial charge in [-0.05, 0) is 5.56 Å². The molecule has 1 aromatic rings. The lowest BCUT2D eigenvalue weighted by atomic mass is 10.2. The van der Waals surface area contributed by atoms with Crippen LogP contribution in [0.5, 0.6) is 0 Å². The van der Waals surface area contributed by atoms with E-state index < -0.39 is 6.09 Å². The van der Waals surface area contributed by atoms with E-state index in [1.165, 1.54) is 0 Å². The molecule has 3 N–H and O–H groups in total. The van der Waals surface area contributed by atoms with Crippen molar-refractivity contribution in [2.24, 2.45) is 5.73 Å². The van der Waals surface area contributed by atoms with Crippen LogP contribution >= 0.6 is 0 Å². The van der Waals surface area contributed by atoms with Crippen molar-refractivity contribution >= 4 is 6.09 Å². The minimum Gasteiger partial charge on any atom is -0.445 e. The van der Waals surface area contributed by atoms with Crippen molar-refractivity contribution in [1.82, 2.24) is 5.32 Å². The number of nitrogens with one attached hydrogen (secondary N) is 1. The maximum Gasteiger partial charge on any atom is 0.404 e. The molecule has 17 heavy (non-hydrogen) atoms. The lowest BCUT2D eigenvalue weighted by molar-refractivity contribution is 0.150. The van der Waals surface area contributed by atoms with Gasteiger partial charge in [0.15, 0.2) is 0 Å². The molecule has 2 saturated heterocycles. The van der Waals surface area contributed by atoms with Gasteiger partial charge >= 0.3 is 6.09 Å². The van der Waals surface area contributed by atoms with Gasteiger partial charge in [-0.15, -0.1) is 0 Å². The van der Waals surface area contributed by atoms with Crippen LogP contribution in [0, 0.1) is 0 Å². The second-order valence-electron chi connectivity index (χ2n) is 3.96. The molecule has 0 radical (unpaired) electrons. The van der Waals surface area contributed by atoms with Crippen LogP contribution in [0.25, 0.3) is 0 Å². The number of primary amides is 1. The van der Waals surface area contributed by atoms with E-state index in [1.54, 1.807) is 0 Å². The molecule has 2 unspecified atom stereocenters. The smallest absolute Gasteiger partial charge is 0.404 e. The molecule has 5 nitrogen and oxygen atoms in total. The van der Waals surface area contributed by atoms with E-state index in [9.17, 15) is 4.79 Å². The molecule has 0 saturated carbocycles. The van der Waals surface area contributed by atoms with Crippen molar-refractivity contribution in [1.29, 1.82) is 0 Å². The van der Waals surface area contributed by atoms with Gasteiger partial charge in [0.1, 0.15) is 6.61 Å². The zero-order chi connectivity index (χ0) is 12.1. The first kappa shape index (κ1) is 11.9. The molecule has 5 heteroatoms. The second-order valence-corrected chi connectivity index (χ2v) is 3.96. The summed E-state index contributed by atoms with van der Waals surface area (Å²) in [4.78, 5) is 10.2. The highest BCUT2D eigenvalue weighted by Gasteiger charge is 2.42. The van der Waals surface area contributed by atoms with E-state index in [4.69, 9.17) is 10.5 Å². The van der Waals surface area contributed by atoms with Crippen molar-refractivity contribution in [2.45, 2.75) is 18.8 Å². The number of amides is 1.